The summed E-state index contributed by atoms with van der Waals surface area (Å²) in [6.07, 6.45) is 0. The Kier molecular flexibility index (Phi) is 3.65. The van der Waals surface area contributed by atoms with E-state index in [-0.39, 0.29) is 17.0 Å². The molecule has 1 aromatic carbocycles. The summed E-state index contributed by atoms with van der Waals surface area (Å²) >= 11 is 0. The van der Waals surface area contributed by atoms with Gasteiger partial charge in [0.05, 0.1) is 11.2 Å². The van der Waals surface area contributed by atoms with Gasteiger partial charge in [-0.3, -0.25) is 0 Å². The average Bonchev–Trinajstić information content (AvgIpc) is 2.34. The first kappa shape index (κ1) is 14.7. The van der Waals surface area contributed by atoms with E-state index < -0.39 is 0 Å². The van der Waals surface area contributed by atoms with Gasteiger partial charge in [0.15, 0.2) is 5.84 Å². The van der Waals surface area contributed by atoms with E-state index in [1.54, 1.807) is 0 Å². The number of hydrogen-bond donors (Lipinski definition) is 2. The summed E-state index contributed by atoms with van der Waals surface area (Å²) in [6, 6.07) is 7.70. The average molecular weight is 277 g/mol. The predicted octanol–water partition coefficient (Wildman–Crippen LogP) is 2.17. The summed E-state index contributed by atoms with van der Waals surface area (Å²) in [7, 11) is 0. The van der Waals surface area contributed by atoms with Crippen LogP contribution in [0.15, 0.2) is 29.4 Å². The SMILES string of the molecule is CC1(C)CN(c2ccc(/C(N)=N/O)cc2)CC(C)(C)O1. The third-order valence-corrected chi connectivity index (χ3v) is 3.33. The minimum Gasteiger partial charge on any atom is -0.409 e. The Labute approximate surface area is 120 Å². The lowest BCUT2D eigenvalue weighted by Gasteiger charge is -2.48. The normalized spacial score (nSPS) is 21.8. The van der Waals surface area contributed by atoms with E-state index in [1.807, 2.05) is 24.3 Å². The molecule has 5 heteroatoms. The molecule has 0 saturated carbocycles. The number of ether oxygens (including phenoxy) is 1. The fourth-order valence-corrected chi connectivity index (χ4v) is 2.87. The van der Waals surface area contributed by atoms with E-state index in [1.165, 1.54) is 0 Å². The summed E-state index contributed by atoms with van der Waals surface area (Å²) in [5.74, 6) is 0.124. The van der Waals surface area contributed by atoms with Crippen molar-refractivity contribution in [2.75, 3.05) is 18.0 Å². The number of rotatable bonds is 2. The summed E-state index contributed by atoms with van der Waals surface area (Å²) in [4.78, 5) is 2.31. The fraction of sp³-hybridized carbons (Fsp3) is 0.533. The van der Waals surface area contributed by atoms with E-state index in [9.17, 15) is 0 Å². The lowest BCUT2D eigenvalue weighted by atomic mass is 9.98. The second kappa shape index (κ2) is 4.98. The first-order valence-corrected chi connectivity index (χ1v) is 6.76. The molecule has 0 radical (unpaired) electrons. The number of anilines is 1. The van der Waals surface area contributed by atoms with Crippen LogP contribution in [-0.2, 0) is 4.74 Å². The van der Waals surface area contributed by atoms with Gasteiger partial charge >= 0.3 is 0 Å². The summed E-state index contributed by atoms with van der Waals surface area (Å²) in [5.41, 5.74) is 7.02. The Balaban J connectivity index is 2.23. The monoisotopic (exact) mass is 277 g/mol. The second-order valence-corrected chi connectivity index (χ2v) is 6.51. The van der Waals surface area contributed by atoms with Crippen LogP contribution in [-0.4, -0.2) is 35.3 Å². The lowest BCUT2D eigenvalue weighted by molar-refractivity contribution is -0.133. The zero-order valence-corrected chi connectivity index (χ0v) is 12.6. The highest BCUT2D eigenvalue weighted by atomic mass is 16.5. The van der Waals surface area contributed by atoms with Gasteiger partial charge in [-0.15, -0.1) is 0 Å². The molecule has 0 aromatic heterocycles. The van der Waals surface area contributed by atoms with Crippen molar-refractivity contribution in [2.24, 2.45) is 10.9 Å². The van der Waals surface area contributed by atoms with Crippen LogP contribution in [0.25, 0.3) is 0 Å². The van der Waals surface area contributed by atoms with Gasteiger partial charge in [-0.1, -0.05) is 5.16 Å². The molecule has 0 aliphatic carbocycles. The Hall–Kier alpha value is -1.75. The van der Waals surface area contributed by atoms with Crippen molar-refractivity contribution in [3.63, 3.8) is 0 Å². The van der Waals surface area contributed by atoms with Crippen LogP contribution in [0.2, 0.25) is 0 Å². The number of oxime groups is 1. The largest absolute Gasteiger partial charge is 0.409 e. The first-order chi connectivity index (χ1) is 9.22. The molecule has 1 aliphatic rings. The highest BCUT2D eigenvalue weighted by molar-refractivity contribution is 5.97. The van der Waals surface area contributed by atoms with Crippen LogP contribution in [0.5, 0.6) is 0 Å². The number of morpholine rings is 1. The molecular weight excluding hydrogens is 254 g/mol. The van der Waals surface area contributed by atoms with Gasteiger partial charge in [-0.25, -0.2) is 0 Å². The number of benzene rings is 1. The molecule has 1 saturated heterocycles. The van der Waals surface area contributed by atoms with Crippen LogP contribution in [0.4, 0.5) is 5.69 Å². The van der Waals surface area contributed by atoms with Gasteiger partial charge in [-0.2, -0.15) is 0 Å². The van der Waals surface area contributed by atoms with E-state index in [4.69, 9.17) is 15.7 Å². The molecule has 0 spiro atoms. The Bertz CT molecular complexity index is 490. The number of nitrogens with zero attached hydrogens (tertiary/aromatic N) is 2. The third kappa shape index (κ3) is 3.22. The van der Waals surface area contributed by atoms with Gasteiger partial charge in [0.2, 0.25) is 0 Å². The van der Waals surface area contributed by atoms with E-state index in [0.29, 0.717) is 5.56 Å². The molecule has 110 valence electrons. The topological polar surface area (TPSA) is 71.1 Å². The van der Waals surface area contributed by atoms with Crippen LogP contribution < -0.4 is 10.6 Å². The van der Waals surface area contributed by atoms with Crippen LogP contribution in [0.3, 0.4) is 0 Å². The van der Waals surface area contributed by atoms with Crippen LogP contribution >= 0.6 is 0 Å². The maximum Gasteiger partial charge on any atom is 0.170 e. The maximum absolute atomic E-state index is 8.68. The van der Waals surface area contributed by atoms with E-state index in [2.05, 4.69) is 37.8 Å². The molecule has 0 amide bonds. The fourth-order valence-electron chi connectivity index (χ4n) is 2.87. The minimum absolute atomic E-state index is 0.124. The zero-order chi connectivity index (χ0) is 15.0. The van der Waals surface area contributed by atoms with E-state index >= 15 is 0 Å². The standard InChI is InChI=1S/C15H23N3O2/c1-14(2)9-18(10-15(3,4)20-14)12-7-5-11(6-8-12)13(16)17-19/h5-8,19H,9-10H2,1-4H3,(H2,16,17). The predicted molar refractivity (Wildman–Crippen MR) is 80.4 cm³/mol. The van der Waals surface area contributed by atoms with Crippen molar-refractivity contribution < 1.29 is 9.94 Å². The molecule has 0 atom stereocenters. The summed E-state index contributed by atoms with van der Waals surface area (Å²) < 4.78 is 6.08. The summed E-state index contributed by atoms with van der Waals surface area (Å²) in [6.45, 7) is 10.1. The number of hydrogen-bond acceptors (Lipinski definition) is 4. The molecular formula is C15H23N3O2. The number of nitrogens with two attached hydrogens (primary N) is 1. The smallest absolute Gasteiger partial charge is 0.170 e. The van der Waals surface area contributed by atoms with Crippen molar-refractivity contribution in [1.29, 1.82) is 0 Å². The van der Waals surface area contributed by atoms with E-state index in [0.717, 1.165) is 18.8 Å². The number of amidine groups is 1. The highest BCUT2D eigenvalue weighted by Crippen LogP contribution is 2.31. The zero-order valence-electron chi connectivity index (χ0n) is 12.6. The van der Waals surface area contributed by atoms with Crippen molar-refractivity contribution in [1.82, 2.24) is 0 Å². The summed E-state index contributed by atoms with van der Waals surface area (Å²) in [5, 5.41) is 11.7. The first-order valence-electron chi connectivity index (χ1n) is 6.76. The van der Waals surface area contributed by atoms with Gasteiger partial charge in [-0.05, 0) is 52.0 Å². The molecule has 3 N–H and O–H groups in total. The van der Waals surface area contributed by atoms with Crippen molar-refractivity contribution in [2.45, 2.75) is 38.9 Å². The Morgan fingerprint density at radius 2 is 1.65 bits per heavy atom. The molecule has 2 rings (SSSR count). The van der Waals surface area contributed by atoms with Gasteiger partial charge < -0.3 is 20.6 Å². The molecule has 20 heavy (non-hydrogen) atoms. The van der Waals surface area contributed by atoms with Crippen LogP contribution in [0, 0.1) is 0 Å². The third-order valence-electron chi connectivity index (χ3n) is 3.33. The molecule has 0 bridgehead atoms. The molecule has 1 heterocycles. The minimum atomic E-state index is -0.188. The quantitative estimate of drug-likeness (QED) is 0.376. The Morgan fingerprint density at radius 1 is 1.15 bits per heavy atom. The molecule has 0 unspecified atom stereocenters. The molecule has 1 aromatic rings. The van der Waals surface area contributed by atoms with Crippen molar-refractivity contribution in [3.05, 3.63) is 29.8 Å². The van der Waals surface area contributed by atoms with Gasteiger partial charge in [0.25, 0.3) is 0 Å². The van der Waals surface area contributed by atoms with Gasteiger partial charge in [0, 0.05) is 24.3 Å². The molecule has 1 aliphatic heterocycles. The lowest BCUT2D eigenvalue weighted by Crippen LogP contribution is -2.57. The molecule has 1 fully saturated rings. The maximum atomic E-state index is 8.68. The highest BCUT2D eigenvalue weighted by Gasteiger charge is 2.38. The molecule has 5 nitrogen and oxygen atoms in total. The second-order valence-electron chi connectivity index (χ2n) is 6.51. The van der Waals surface area contributed by atoms with Crippen molar-refractivity contribution >= 4 is 11.5 Å². The Morgan fingerprint density at radius 3 is 2.10 bits per heavy atom. The van der Waals surface area contributed by atoms with Gasteiger partial charge in [0.1, 0.15) is 0 Å². The van der Waals surface area contributed by atoms with Crippen LogP contribution in [0.1, 0.15) is 33.3 Å². The van der Waals surface area contributed by atoms with Crippen molar-refractivity contribution in [3.8, 4) is 0 Å².